The van der Waals surface area contributed by atoms with Crippen LogP contribution in [0.15, 0.2) is 91.5 Å². The first-order valence-electron chi connectivity index (χ1n) is 28.4. The molecule has 19 nitrogen and oxygen atoms in total. The van der Waals surface area contributed by atoms with E-state index >= 15 is 0 Å². The summed E-state index contributed by atoms with van der Waals surface area (Å²) in [6.45, 7) is 17.5. The normalized spacial score (nSPS) is 20.6. The van der Waals surface area contributed by atoms with Gasteiger partial charge in [-0.05, 0) is 105 Å². The van der Waals surface area contributed by atoms with E-state index in [4.69, 9.17) is 14.7 Å². The summed E-state index contributed by atoms with van der Waals surface area (Å²) >= 11 is 0. The highest BCUT2D eigenvalue weighted by atomic mass is 16.5. The number of phenols is 2. The predicted molar refractivity (Wildman–Crippen MR) is 306 cm³/mol. The Hall–Kier alpha value is -7.79. The number of phenolic OH excluding ortho intramolecular Hbond substituents is 2. The number of carbonyl (C=O) groups excluding carboxylic acids is 2. The molecular weight excluding hydrogens is 1010 g/mol. The van der Waals surface area contributed by atoms with Gasteiger partial charge in [-0.3, -0.25) is 24.3 Å². The van der Waals surface area contributed by atoms with Crippen molar-refractivity contribution in [3.8, 4) is 46.7 Å². The molecular formula is C61H73N13O6. The molecule has 0 bridgehead atoms. The van der Waals surface area contributed by atoms with Gasteiger partial charge in [0.15, 0.2) is 5.82 Å². The first-order valence-corrected chi connectivity index (χ1v) is 28.4. The van der Waals surface area contributed by atoms with Gasteiger partial charge in [0.2, 0.25) is 11.8 Å². The summed E-state index contributed by atoms with van der Waals surface area (Å²) in [5.74, 6) is 1.06. The molecule has 19 heteroatoms. The van der Waals surface area contributed by atoms with Gasteiger partial charge in [0.1, 0.15) is 23.9 Å². The average molecular weight is 1080 g/mol. The predicted octanol–water partition coefficient (Wildman–Crippen LogP) is 6.70. The molecule has 418 valence electrons. The highest BCUT2D eigenvalue weighted by molar-refractivity contribution is 5.94. The SMILES string of the molecule is C=CC(=O)N1CCN(c2nc(OC[C@@H]3CC[C@H](CN4CCN(C(=O)C5CCN(Cc6ccc(-n7c(O)nnc7-c7cc(C(C)C)c(O)cc7O)cc6)CC5)CC4)N3C)nc3c2CCN(c2cccc4ccccc24)C3)C[C@@H]1CC#N. The van der Waals surface area contributed by atoms with E-state index in [0.717, 1.165) is 114 Å². The van der Waals surface area contributed by atoms with E-state index in [-0.39, 0.29) is 65.5 Å². The standard InChI is InChI=1S/C61H73N13O6/c1-5-56(77)73-32-31-72(37-46(73)19-23-62)57-49-22-26-71(53-12-8-10-42-9-6-7-11-48(42)53)38-52(49)63-60(64-57)80-39-47-18-17-45(67(47)4)36-69-27-29-70(30-28-69)59(78)43-20-24-68(25-21-43)35-41-13-15-44(16-14-41)74-58(65-66-61(74)79)51-33-50(40(2)3)54(75)34-55(51)76/h5-16,33-34,40,43,45-47,75-76H,1,17-22,24-32,35-39H2,2-4H3,(H,66,79)/t45-,46+,47+/m1/s1. The minimum absolute atomic E-state index is 0.000229. The van der Waals surface area contributed by atoms with Gasteiger partial charge in [0.05, 0.1) is 42.0 Å². The lowest BCUT2D eigenvalue weighted by Gasteiger charge is -2.42. The van der Waals surface area contributed by atoms with Crippen molar-refractivity contribution < 1.29 is 29.6 Å². The first kappa shape index (κ1) is 54.2. The quantitative estimate of drug-likeness (QED) is 0.0916. The number of anilines is 2. The fourth-order valence-electron chi connectivity index (χ4n) is 12.8. The average Bonchev–Trinajstić information content (AvgIpc) is 4.05. The van der Waals surface area contributed by atoms with Crippen LogP contribution < -0.4 is 14.5 Å². The molecule has 4 fully saturated rings. The number of fused-ring (bicyclic) bond motifs is 2. The number of amides is 2. The van der Waals surface area contributed by atoms with Gasteiger partial charge in [0, 0.05) is 106 Å². The highest BCUT2D eigenvalue weighted by Crippen LogP contribution is 2.40. The highest BCUT2D eigenvalue weighted by Gasteiger charge is 2.37. The molecule has 5 aliphatic rings. The lowest BCUT2D eigenvalue weighted by molar-refractivity contribution is -0.139. The van der Waals surface area contributed by atoms with Crippen molar-refractivity contribution in [1.29, 1.82) is 5.26 Å². The second-order valence-corrected chi connectivity index (χ2v) is 22.6. The Kier molecular flexibility index (Phi) is 15.9. The Morgan fingerprint density at radius 3 is 2.34 bits per heavy atom. The second-order valence-electron chi connectivity index (χ2n) is 22.6. The largest absolute Gasteiger partial charge is 0.508 e. The van der Waals surface area contributed by atoms with Gasteiger partial charge < -0.3 is 39.7 Å². The summed E-state index contributed by atoms with van der Waals surface area (Å²) in [5, 5.41) is 52.1. The Bertz CT molecular complexity index is 3270. The number of nitrogens with zero attached hydrogens (tertiary/aromatic N) is 13. The van der Waals surface area contributed by atoms with E-state index in [0.29, 0.717) is 61.7 Å². The van der Waals surface area contributed by atoms with Crippen LogP contribution >= 0.6 is 0 Å². The molecule has 0 spiro atoms. The third-order valence-electron chi connectivity index (χ3n) is 17.4. The van der Waals surface area contributed by atoms with Crippen LogP contribution in [0.3, 0.4) is 0 Å². The minimum atomic E-state index is -0.308. The number of aromatic hydroxyl groups is 3. The van der Waals surface area contributed by atoms with Gasteiger partial charge >= 0.3 is 12.0 Å². The zero-order valence-electron chi connectivity index (χ0n) is 46.2. The summed E-state index contributed by atoms with van der Waals surface area (Å²) in [6.07, 6.45) is 5.98. The number of piperidine rings is 1. The van der Waals surface area contributed by atoms with E-state index in [9.17, 15) is 30.2 Å². The Morgan fingerprint density at radius 1 is 0.812 bits per heavy atom. The number of likely N-dealkylation sites (N-methyl/N-ethyl adjacent to an activating group) is 1. The van der Waals surface area contributed by atoms with Crippen LogP contribution in [0.2, 0.25) is 0 Å². The zero-order chi connectivity index (χ0) is 55.6. The monoisotopic (exact) mass is 1080 g/mol. The molecule has 2 amide bonds. The number of rotatable bonds is 15. The summed E-state index contributed by atoms with van der Waals surface area (Å²) in [6, 6.07) is 28.3. The molecule has 0 saturated carbocycles. The van der Waals surface area contributed by atoms with E-state index in [2.05, 4.69) is 102 Å². The molecule has 6 aromatic rings. The summed E-state index contributed by atoms with van der Waals surface area (Å²) in [5.41, 5.74) is 5.95. The summed E-state index contributed by atoms with van der Waals surface area (Å²) in [4.78, 5) is 52.8. The van der Waals surface area contributed by atoms with Gasteiger partial charge in [-0.25, -0.2) is 4.57 Å². The molecule has 0 radical (unpaired) electrons. The van der Waals surface area contributed by atoms with E-state index < -0.39 is 0 Å². The molecule has 7 heterocycles. The van der Waals surface area contributed by atoms with Gasteiger partial charge in [-0.15, -0.1) is 5.10 Å². The van der Waals surface area contributed by atoms with Crippen LogP contribution in [0.5, 0.6) is 23.5 Å². The van der Waals surface area contributed by atoms with Crippen molar-refractivity contribution >= 4 is 34.1 Å². The first-order chi connectivity index (χ1) is 38.8. The van der Waals surface area contributed by atoms with Crippen LogP contribution in [-0.2, 0) is 29.1 Å². The number of piperazine rings is 2. The number of benzene rings is 4. The third kappa shape index (κ3) is 11.2. The maximum Gasteiger partial charge on any atom is 0.319 e. The summed E-state index contributed by atoms with van der Waals surface area (Å²) < 4.78 is 8.10. The topological polar surface area (TPSA) is 207 Å². The van der Waals surface area contributed by atoms with Crippen molar-refractivity contribution in [2.45, 2.75) is 89.5 Å². The van der Waals surface area contributed by atoms with Crippen LogP contribution in [0, 0.1) is 17.2 Å². The number of likely N-dealkylation sites (tertiary alicyclic amines) is 2. The van der Waals surface area contributed by atoms with E-state index in [1.807, 2.05) is 38.1 Å². The molecule has 4 saturated heterocycles. The van der Waals surface area contributed by atoms with Crippen molar-refractivity contribution in [2.24, 2.45) is 5.92 Å². The lowest BCUT2D eigenvalue weighted by Crippen LogP contribution is -2.55. The van der Waals surface area contributed by atoms with Crippen molar-refractivity contribution in [3.63, 3.8) is 0 Å². The number of hydrogen-bond acceptors (Lipinski definition) is 16. The summed E-state index contributed by atoms with van der Waals surface area (Å²) in [7, 11) is 2.20. The number of aromatic nitrogens is 5. The molecule has 5 aliphatic heterocycles. The smallest absolute Gasteiger partial charge is 0.319 e. The fourth-order valence-corrected chi connectivity index (χ4v) is 12.8. The number of hydrogen-bond donors (Lipinski definition) is 3. The van der Waals surface area contributed by atoms with E-state index in [1.165, 1.54) is 33.2 Å². The number of ether oxygens (including phenoxy) is 1. The maximum absolute atomic E-state index is 13.9. The van der Waals surface area contributed by atoms with Crippen LogP contribution in [0.25, 0.3) is 27.8 Å². The Morgan fingerprint density at radius 2 is 1.57 bits per heavy atom. The lowest BCUT2D eigenvalue weighted by atomic mass is 9.94. The third-order valence-corrected chi connectivity index (χ3v) is 17.4. The molecule has 80 heavy (non-hydrogen) atoms. The molecule has 3 atom stereocenters. The van der Waals surface area contributed by atoms with Crippen molar-refractivity contribution in [1.82, 2.24) is 49.2 Å². The van der Waals surface area contributed by atoms with Crippen molar-refractivity contribution in [2.75, 3.05) is 95.4 Å². The molecule has 11 rings (SSSR count). The number of nitriles is 1. The molecule has 2 aromatic heterocycles. The fraction of sp³-hybridized carbons (Fsp3) is 0.459. The minimum Gasteiger partial charge on any atom is -0.508 e. The van der Waals surface area contributed by atoms with Crippen LogP contribution in [-0.4, -0.2) is 180 Å². The molecule has 0 aliphatic carbocycles. The Labute approximate surface area is 467 Å². The van der Waals surface area contributed by atoms with Gasteiger partial charge in [0.25, 0.3) is 0 Å². The van der Waals surface area contributed by atoms with Gasteiger partial charge in [-0.1, -0.05) is 74.1 Å². The molecule has 4 aromatic carbocycles. The molecule has 0 unspecified atom stereocenters. The van der Waals surface area contributed by atoms with Gasteiger partial charge in [-0.2, -0.15) is 15.2 Å². The number of carbonyl (C=O) groups is 2. The van der Waals surface area contributed by atoms with Crippen LogP contribution in [0.1, 0.15) is 74.3 Å². The van der Waals surface area contributed by atoms with Crippen molar-refractivity contribution in [3.05, 3.63) is 114 Å². The molecule has 3 N–H and O–H groups in total. The van der Waals surface area contributed by atoms with E-state index in [1.54, 1.807) is 11.0 Å². The maximum atomic E-state index is 13.9. The van der Waals surface area contributed by atoms with Crippen LogP contribution in [0.4, 0.5) is 11.5 Å². The second kappa shape index (κ2) is 23.5. The zero-order valence-corrected chi connectivity index (χ0v) is 46.2. The Balaban J connectivity index is 0.666.